The number of aromatic nitrogens is 2. The van der Waals surface area contributed by atoms with Crippen molar-refractivity contribution in [2.75, 3.05) is 26.3 Å². The van der Waals surface area contributed by atoms with Gasteiger partial charge >= 0.3 is 0 Å². The lowest BCUT2D eigenvalue weighted by Gasteiger charge is -2.35. The first kappa shape index (κ1) is 21.4. The predicted molar refractivity (Wildman–Crippen MR) is 120 cm³/mol. The fourth-order valence-electron chi connectivity index (χ4n) is 4.38. The Morgan fingerprint density at radius 3 is 2.24 bits per heavy atom. The van der Waals surface area contributed by atoms with Gasteiger partial charge in [0.05, 0.1) is 31.1 Å². The summed E-state index contributed by atoms with van der Waals surface area (Å²) in [4.78, 5) is 2.27. The first-order chi connectivity index (χ1) is 16.1. The number of morpholine rings is 1. The number of nitrogens with zero attached hydrogens (tertiary/aromatic N) is 2. The summed E-state index contributed by atoms with van der Waals surface area (Å²) in [6.07, 6.45) is 1.73. The summed E-state index contributed by atoms with van der Waals surface area (Å²) in [5.41, 5.74) is 4.08. The molecule has 0 aliphatic carbocycles. The molecule has 4 nitrogen and oxygen atoms in total. The molecule has 0 saturated carbocycles. The standard InChI is InChI=1S/C26H22F3N3O/c27-20-13-19(14-21(28)15-20)17-5-7-18(8-6-17)26(32-9-11-33-12-10-32)23-16-30-31-25(23)22-3-1-2-4-24(22)29/h1-8,13-16,26H,9-12H2,(H,30,31). The summed E-state index contributed by atoms with van der Waals surface area (Å²) in [6, 6.07) is 17.5. The summed E-state index contributed by atoms with van der Waals surface area (Å²) in [5.74, 6) is -1.56. The zero-order valence-corrected chi connectivity index (χ0v) is 17.8. The van der Waals surface area contributed by atoms with Crippen LogP contribution in [0, 0.1) is 17.5 Å². The van der Waals surface area contributed by atoms with E-state index in [9.17, 15) is 13.2 Å². The molecule has 1 unspecified atom stereocenters. The van der Waals surface area contributed by atoms with E-state index in [1.54, 1.807) is 24.4 Å². The Bertz CT molecular complexity index is 1230. The molecule has 1 saturated heterocycles. The van der Waals surface area contributed by atoms with Crippen LogP contribution in [0.3, 0.4) is 0 Å². The van der Waals surface area contributed by atoms with Gasteiger partial charge in [0.15, 0.2) is 0 Å². The van der Waals surface area contributed by atoms with Gasteiger partial charge in [-0.25, -0.2) is 13.2 Å². The molecule has 5 rings (SSSR count). The van der Waals surface area contributed by atoms with E-state index in [2.05, 4.69) is 15.1 Å². The Labute approximate surface area is 189 Å². The maximum Gasteiger partial charge on any atom is 0.132 e. The molecule has 33 heavy (non-hydrogen) atoms. The zero-order valence-electron chi connectivity index (χ0n) is 17.8. The molecular weight excluding hydrogens is 427 g/mol. The van der Waals surface area contributed by atoms with Crippen molar-refractivity contribution in [3.63, 3.8) is 0 Å². The number of rotatable bonds is 5. The number of halogens is 3. The Morgan fingerprint density at radius 1 is 0.848 bits per heavy atom. The van der Waals surface area contributed by atoms with Crippen LogP contribution in [0.15, 0.2) is 72.9 Å². The molecule has 0 radical (unpaired) electrons. The second-order valence-electron chi connectivity index (χ2n) is 8.01. The van der Waals surface area contributed by atoms with Crippen molar-refractivity contribution < 1.29 is 17.9 Å². The second-order valence-corrected chi connectivity index (χ2v) is 8.01. The van der Waals surface area contributed by atoms with Gasteiger partial charge in [0.1, 0.15) is 17.5 Å². The van der Waals surface area contributed by atoms with E-state index >= 15 is 0 Å². The van der Waals surface area contributed by atoms with Crippen LogP contribution in [0.1, 0.15) is 17.2 Å². The van der Waals surface area contributed by atoms with Gasteiger partial charge in [-0.2, -0.15) is 5.10 Å². The number of ether oxygens (including phenoxy) is 1. The van der Waals surface area contributed by atoms with Crippen LogP contribution in [-0.4, -0.2) is 41.4 Å². The van der Waals surface area contributed by atoms with Gasteiger partial charge in [-0.05, 0) is 41.0 Å². The topological polar surface area (TPSA) is 41.2 Å². The summed E-state index contributed by atoms with van der Waals surface area (Å²) in [5, 5.41) is 7.20. The molecule has 1 aliphatic rings. The molecule has 2 heterocycles. The Morgan fingerprint density at radius 2 is 1.55 bits per heavy atom. The van der Waals surface area contributed by atoms with E-state index in [-0.39, 0.29) is 11.9 Å². The normalized spacial score (nSPS) is 15.5. The quantitative estimate of drug-likeness (QED) is 0.432. The number of H-pyrrole nitrogens is 1. The molecule has 0 amide bonds. The third-order valence-corrected chi connectivity index (χ3v) is 5.94. The minimum Gasteiger partial charge on any atom is -0.379 e. The maximum atomic E-state index is 14.6. The van der Waals surface area contributed by atoms with Crippen molar-refractivity contribution in [1.29, 1.82) is 0 Å². The van der Waals surface area contributed by atoms with Crippen LogP contribution in [0.4, 0.5) is 13.2 Å². The largest absolute Gasteiger partial charge is 0.379 e. The summed E-state index contributed by atoms with van der Waals surface area (Å²) >= 11 is 0. The first-order valence-electron chi connectivity index (χ1n) is 10.8. The van der Waals surface area contributed by atoms with Crippen LogP contribution >= 0.6 is 0 Å². The smallest absolute Gasteiger partial charge is 0.132 e. The van der Waals surface area contributed by atoms with Crippen LogP contribution in [0.5, 0.6) is 0 Å². The molecule has 3 aromatic carbocycles. The fourth-order valence-corrected chi connectivity index (χ4v) is 4.38. The first-order valence-corrected chi connectivity index (χ1v) is 10.8. The SMILES string of the molecule is Fc1cc(F)cc(-c2ccc(C(c3cn[nH]c3-c3ccccc3F)N3CCOCC3)cc2)c1. The van der Waals surface area contributed by atoms with E-state index in [4.69, 9.17) is 4.74 Å². The molecule has 0 bridgehead atoms. The van der Waals surface area contributed by atoms with Crippen LogP contribution in [0.25, 0.3) is 22.4 Å². The van der Waals surface area contributed by atoms with Crippen molar-refractivity contribution in [3.05, 3.63) is 102 Å². The highest BCUT2D eigenvalue weighted by Crippen LogP contribution is 2.36. The fraction of sp³-hybridized carbons (Fsp3) is 0.192. The Kier molecular flexibility index (Phi) is 5.98. The number of hydrogen-bond donors (Lipinski definition) is 1. The van der Waals surface area contributed by atoms with Gasteiger partial charge in [-0.3, -0.25) is 10.00 Å². The van der Waals surface area contributed by atoms with Crippen molar-refractivity contribution in [2.45, 2.75) is 6.04 Å². The molecule has 0 spiro atoms. The van der Waals surface area contributed by atoms with Crippen LogP contribution in [-0.2, 0) is 4.74 Å². The Balaban J connectivity index is 1.56. The van der Waals surface area contributed by atoms with E-state index in [1.807, 2.05) is 24.3 Å². The highest BCUT2D eigenvalue weighted by molar-refractivity contribution is 5.66. The van der Waals surface area contributed by atoms with E-state index in [0.29, 0.717) is 48.7 Å². The third kappa shape index (κ3) is 4.42. The summed E-state index contributed by atoms with van der Waals surface area (Å²) in [6.45, 7) is 2.63. The molecule has 168 valence electrons. The molecule has 7 heteroatoms. The molecule has 1 fully saturated rings. The lowest BCUT2D eigenvalue weighted by atomic mass is 9.93. The minimum absolute atomic E-state index is 0.194. The molecule has 1 N–H and O–H groups in total. The second kappa shape index (κ2) is 9.21. The third-order valence-electron chi connectivity index (χ3n) is 5.94. The summed E-state index contributed by atoms with van der Waals surface area (Å²) < 4.78 is 47.5. The molecule has 4 aromatic rings. The van der Waals surface area contributed by atoms with Crippen molar-refractivity contribution in [1.82, 2.24) is 15.1 Å². The van der Waals surface area contributed by atoms with Gasteiger partial charge in [-0.1, -0.05) is 36.4 Å². The average Bonchev–Trinajstić information content (AvgIpc) is 3.29. The molecular formula is C26H22F3N3O. The van der Waals surface area contributed by atoms with Gasteiger partial charge in [0, 0.05) is 30.3 Å². The maximum absolute atomic E-state index is 14.6. The number of nitrogens with one attached hydrogen (secondary N) is 1. The van der Waals surface area contributed by atoms with Gasteiger partial charge in [0.25, 0.3) is 0 Å². The highest BCUT2D eigenvalue weighted by Gasteiger charge is 2.28. The number of benzene rings is 3. The van der Waals surface area contributed by atoms with E-state index < -0.39 is 11.6 Å². The molecule has 1 atom stereocenters. The van der Waals surface area contributed by atoms with Crippen LogP contribution in [0.2, 0.25) is 0 Å². The monoisotopic (exact) mass is 449 g/mol. The van der Waals surface area contributed by atoms with Crippen LogP contribution < -0.4 is 0 Å². The average molecular weight is 449 g/mol. The van der Waals surface area contributed by atoms with Gasteiger partial charge < -0.3 is 4.74 Å². The molecule has 1 aromatic heterocycles. The zero-order chi connectivity index (χ0) is 22.8. The number of aromatic amines is 1. The summed E-state index contributed by atoms with van der Waals surface area (Å²) in [7, 11) is 0. The lowest BCUT2D eigenvalue weighted by Crippen LogP contribution is -2.39. The Hall–Kier alpha value is -3.42. The van der Waals surface area contributed by atoms with Gasteiger partial charge in [0.2, 0.25) is 0 Å². The predicted octanol–water partition coefficient (Wildman–Crippen LogP) is 5.58. The highest BCUT2D eigenvalue weighted by atomic mass is 19.1. The minimum atomic E-state index is -0.617. The van der Waals surface area contributed by atoms with Gasteiger partial charge in [-0.15, -0.1) is 0 Å². The van der Waals surface area contributed by atoms with Crippen molar-refractivity contribution in [2.24, 2.45) is 0 Å². The van der Waals surface area contributed by atoms with Crippen molar-refractivity contribution >= 4 is 0 Å². The lowest BCUT2D eigenvalue weighted by molar-refractivity contribution is 0.0240. The van der Waals surface area contributed by atoms with Crippen molar-refractivity contribution in [3.8, 4) is 22.4 Å². The molecule has 1 aliphatic heterocycles. The number of hydrogen-bond acceptors (Lipinski definition) is 3. The van der Waals surface area contributed by atoms with E-state index in [0.717, 1.165) is 17.2 Å². The van der Waals surface area contributed by atoms with E-state index in [1.165, 1.54) is 18.2 Å².